The molecule has 1 aliphatic heterocycles. The van der Waals surface area contributed by atoms with Crippen molar-refractivity contribution >= 4 is 5.91 Å². The fraction of sp³-hybridized carbons (Fsp3) is 0.393. The van der Waals surface area contributed by atoms with Crippen LogP contribution < -0.4 is 4.74 Å². The maximum atomic E-state index is 12.9. The molecule has 0 aliphatic carbocycles. The molecule has 0 unspecified atom stereocenters. The van der Waals surface area contributed by atoms with Crippen molar-refractivity contribution in [3.8, 4) is 5.75 Å². The molecule has 2 aromatic carbocycles. The summed E-state index contributed by atoms with van der Waals surface area (Å²) in [5.74, 6) is 2.84. The topological polar surface area (TPSA) is 45.9 Å². The highest BCUT2D eigenvalue weighted by molar-refractivity contribution is 5.91. The van der Waals surface area contributed by atoms with Crippen LogP contribution in [0.25, 0.3) is 0 Å². The largest absolute Gasteiger partial charge is 0.494 e. The number of amides is 1. The van der Waals surface area contributed by atoms with Crippen LogP contribution in [0.1, 0.15) is 54.1 Å². The predicted octanol–water partition coefficient (Wildman–Crippen LogP) is 5.75. The summed E-state index contributed by atoms with van der Waals surface area (Å²) in [4.78, 5) is 17.1. The average Bonchev–Trinajstić information content (AvgIpc) is 3.30. The Morgan fingerprint density at radius 3 is 2.27 bits per heavy atom. The summed E-state index contributed by atoms with van der Waals surface area (Å²) in [5, 5.41) is 0. The molecule has 4 rings (SSSR count). The molecular weight excluding hydrogens is 412 g/mol. The molecular formula is C28H34N2O3. The van der Waals surface area contributed by atoms with Gasteiger partial charge in [0.15, 0.2) is 5.76 Å². The highest BCUT2D eigenvalue weighted by atomic mass is 16.5. The molecule has 0 bridgehead atoms. The van der Waals surface area contributed by atoms with E-state index in [1.165, 1.54) is 11.1 Å². The maximum Gasteiger partial charge on any atom is 0.289 e. The second kappa shape index (κ2) is 11.2. The number of hydrogen-bond donors (Lipinski definition) is 0. The van der Waals surface area contributed by atoms with E-state index in [2.05, 4.69) is 48.2 Å². The van der Waals surface area contributed by atoms with Crippen LogP contribution in [0, 0.1) is 5.92 Å². The molecule has 5 heteroatoms. The van der Waals surface area contributed by atoms with Gasteiger partial charge in [-0.3, -0.25) is 9.69 Å². The zero-order valence-corrected chi connectivity index (χ0v) is 19.7. The summed E-state index contributed by atoms with van der Waals surface area (Å²) in [6.45, 7) is 8.73. The van der Waals surface area contributed by atoms with E-state index < -0.39 is 0 Å². The number of piperidine rings is 1. The number of hydrogen-bond acceptors (Lipinski definition) is 4. The van der Waals surface area contributed by atoms with Crippen LogP contribution in [-0.2, 0) is 19.6 Å². The van der Waals surface area contributed by atoms with Crippen molar-refractivity contribution in [3.05, 3.63) is 89.4 Å². The predicted molar refractivity (Wildman–Crippen MR) is 130 cm³/mol. The Kier molecular flexibility index (Phi) is 7.84. The molecule has 1 fully saturated rings. The summed E-state index contributed by atoms with van der Waals surface area (Å²) < 4.78 is 11.6. The lowest BCUT2D eigenvalue weighted by Gasteiger charge is -2.29. The van der Waals surface area contributed by atoms with Crippen molar-refractivity contribution in [2.45, 2.75) is 46.3 Å². The normalized spacial score (nSPS) is 14.6. The second-order valence-electron chi connectivity index (χ2n) is 8.95. The van der Waals surface area contributed by atoms with Gasteiger partial charge in [-0.15, -0.1) is 0 Å². The first-order valence-corrected chi connectivity index (χ1v) is 12.0. The van der Waals surface area contributed by atoms with Gasteiger partial charge in [0.25, 0.3) is 5.91 Å². The first-order chi connectivity index (χ1) is 16.1. The zero-order valence-electron chi connectivity index (χ0n) is 19.7. The standard InChI is InChI=1S/C28H34N2O3/c1-3-32-25-11-9-24(10-12-25)20-29(19-23-7-5-4-6-8-23)21-26-13-14-27(33-26)28(31)30-17-15-22(2)16-18-30/h4-14,22H,3,15-21H2,1-2H3. The number of benzene rings is 2. The molecule has 1 saturated heterocycles. The highest BCUT2D eigenvalue weighted by Gasteiger charge is 2.24. The molecule has 1 aliphatic rings. The van der Waals surface area contributed by atoms with Crippen molar-refractivity contribution in [1.29, 1.82) is 0 Å². The maximum absolute atomic E-state index is 12.9. The van der Waals surface area contributed by atoms with Crippen LogP contribution in [0.2, 0.25) is 0 Å². The van der Waals surface area contributed by atoms with E-state index in [1.54, 1.807) is 0 Å². The Bertz CT molecular complexity index is 1010. The van der Waals surface area contributed by atoms with Crippen LogP contribution in [0.5, 0.6) is 5.75 Å². The molecule has 0 saturated carbocycles. The molecule has 0 radical (unpaired) electrons. The van der Waals surface area contributed by atoms with Crippen molar-refractivity contribution in [2.24, 2.45) is 5.92 Å². The minimum absolute atomic E-state index is 0.00859. The van der Waals surface area contributed by atoms with Gasteiger partial charge >= 0.3 is 0 Å². The molecule has 1 aromatic heterocycles. The number of ether oxygens (including phenoxy) is 1. The molecule has 2 heterocycles. The van der Waals surface area contributed by atoms with Gasteiger partial charge < -0.3 is 14.1 Å². The Morgan fingerprint density at radius 1 is 0.939 bits per heavy atom. The smallest absolute Gasteiger partial charge is 0.289 e. The van der Waals surface area contributed by atoms with Crippen LogP contribution >= 0.6 is 0 Å². The van der Waals surface area contributed by atoms with Gasteiger partial charge in [0.1, 0.15) is 11.5 Å². The molecule has 0 N–H and O–H groups in total. The fourth-order valence-corrected chi connectivity index (χ4v) is 4.29. The van der Waals surface area contributed by atoms with Gasteiger partial charge in [-0.2, -0.15) is 0 Å². The van der Waals surface area contributed by atoms with E-state index in [-0.39, 0.29) is 5.91 Å². The molecule has 1 amide bonds. The second-order valence-corrected chi connectivity index (χ2v) is 8.95. The third-order valence-corrected chi connectivity index (χ3v) is 6.21. The van der Waals surface area contributed by atoms with E-state index in [0.29, 0.717) is 24.8 Å². The SMILES string of the molecule is CCOc1ccc(CN(Cc2ccccc2)Cc2ccc(C(=O)N3CCC(C)CC3)o2)cc1. The number of carbonyl (C=O) groups excluding carboxylic acids is 1. The summed E-state index contributed by atoms with van der Waals surface area (Å²) in [7, 11) is 0. The Balaban J connectivity index is 1.45. The highest BCUT2D eigenvalue weighted by Crippen LogP contribution is 2.21. The molecule has 3 aromatic rings. The van der Waals surface area contributed by atoms with Crippen molar-refractivity contribution < 1.29 is 13.9 Å². The molecule has 0 atom stereocenters. The Labute approximate surface area is 197 Å². The number of likely N-dealkylation sites (tertiary alicyclic amines) is 1. The van der Waals surface area contributed by atoms with Gasteiger partial charge in [-0.1, -0.05) is 49.4 Å². The molecule has 33 heavy (non-hydrogen) atoms. The summed E-state index contributed by atoms with van der Waals surface area (Å²) in [6, 6.07) is 22.5. The first kappa shape index (κ1) is 23.1. The van der Waals surface area contributed by atoms with Crippen LogP contribution in [0.15, 0.2) is 71.1 Å². The molecule has 0 spiro atoms. The first-order valence-electron chi connectivity index (χ1n) is 12.0. The number of carbonyl (C=O) groups is 1. The number of rotatable bonds is 9. The lowest BCUT2D eigenvalue weighted by Crippen LogP contribution is -2.37. The van der Waals surface area contributed by atoms with Crippen LogP contribution in [0.3, 0.4) is 0 Å². The van der Waals surface area contributed by atoms with E-state index in [1.807, 2.05) is 42.2 Å². The van der Waals surface area contributed by atoms with Gasteiger partial charge in [0, 0.05) is 26.2 Å². The molecule has 174 valence electrons. The van der Waals surface area contributed by atoms with Crippen LogP contribution in [0.4, 0.5) is 0 Å². The van der Waals surface area contributed by atoms with Gasteiger partial charge in [-0.05, 0) is 61.1 Å². The Morgan fingerprint density at radius 2 is 1.61 bits per heavy atom. The van der Waals surface area contributed by atoms with E-state index in [9.17, 15) is 4.79 Å². The molecule has 5 nitrogen and oxygen atoms in total. The Hall–Kier alpha value is -3.05. The third kappa shape index (κ3) is 6.48. The van der Waals surface area contributed by atoms with Crippen molar-refractivity contribution in [1.82, 2.24) is 9.80 Å². The van der Waals surface area contributed by atoms with Crippen molar-refractivity contribution in [3.63, 3.8) is 0 Å². The zero-order chi connectivity index (χ0) is 23.0. The third-order valence-electron chi connectivity index (χ3n) is 6.21. The van der Waals surface area contributed by atoms with Gasteiger partial charge in [-0.25, -0.2) is 0 Å². The number of furan rings is 1. The van der Waals surface area contributed by atoms with Gasteiger partial charge in [0.2, 0.25) is 0 Å². The van der Waals surface area contributed by atoms with Crippen molar-refractivity contribution in [2.75, 3.05) is 19.7 Å². The van der Waals surface area contributed by atoms with E-state index in [0.717, 1.165) is 50.5 Å². The van der Waals surface area contributed by atoms with E-state index in [4.69, 9.17) is 9.15 Å². The monoisotopic (exact) mass is 446 g/mol. The quantitative estimate of drug-likeness (QED) is 0.420. The van der Waals surface area contributed by atoms with Gasteiger partial charge in [0.05, 0.1) is 13.2 Å². The summed E-state index contributed by atoms with van der Waals surface area (Å²) in [5.41, 5.74) is 2.45. The average molecular weight is 447 g/mol. The minimum Gasteiger partial charge on any atom is -0.494 e. The lowest BCUT2D eigenvalue weighted by atomic mass is 9.99. The van der Waals surface area contributed by atoms with Crippen LogP contribution in [-0.4, -0.2) is 35.4 Å². The summed E-state index contributed by atoms with van der Waals surface area (Å²) >= 11 is 0. The minimum atomic E-state index is 0.00859. The number of nitrogens with zero attached hydrogens (tertiary/aromatic N) is 2. The van der Waals surface area contributed by atoms with E-state index >= 15 is 0 Å². The summed E-state index contributed by atoms with van der Waals surface area (Å²) in [6.07, 6.45) is 2.12. The lowest BCUT2D eigenvalue weighted by molar-refractivity contribution is 0.0661. The fourth-order valence-electron chi connectivity index (χ4n) is 4.29.